The largest absolute Gasteiger partial charge is 0.480 e. The Morgan fingerprint density at radius 2 is 2.00 bits per heavy atom. The fraction of sp³-hybridized carbons (Fsp3) is 0.833. The number of amides is 1. The standard InChI is InChI=1S/C12H23N3O3/c1-2-10(13)8-11(16)15-5-3-4-14(6-7-15)9-12(17)18/h10H,2-9,13H2,1H3,(H,17,18). The lowest BCUT2D eigenvalue weighted by Crippen LogP contribution is -2.39. The van der Waals surface area contributed by atoms with Crippen molar-refractivity contribution in [2.24, 2.45) is 5.73 Å². The molecule has 18 heavy (non-hydrogen) atoms. The highest BCUT2D eigenvalue weighted by molar-refractivity contribution is 5.76. The summed E-state index contributed by atoms with van der Waals surface area (Å²) in [6, 6.07) is -0.0733. The third kappa shape index (κ3) is 5.01. The van der Waals surface area contributed by atoms with Crippen molar-refractivity contribution in [2.45, 2.75) is 32.2 Å². The second-order valence-corrected chi connectivity index (χ2v) is 4.78. The van der Waals surface area contributed by atoms with Crippen LogP contribution in [0.2, 0.25) is 0 Å². The van der Waals surface area contributed by atoms with Crippen molar-refractivity contribution < 1.29 is 14.7 Å². The van der Waals surface area contributed by atoms with Crippen LogP contribution < -0.4 is 5.73 Å². The van der Waals surface area contributed by atoms with Crippen LogP contribution in [0.15, 0.2) is 0 Å². The Hall–Kier alpha value is -1.14. The number of carbonyl (C=O) groups is 2. The van der Waals surface area contributed by atoms with Crippen molar-refractivity contribution in [3.8, 4) is 0 Å². The molecule has 0 aromatic heterocycles. The van der Waals surface area contributed by atoms with Gasteiger partial charge in [0.2, 0.25) is 5.91 Å². The Morgan fingerprint density at radius 1 is 1.28 bits per heavy atom. The molecule has 3 N–H and O–H groups in total. The fourth-order valence-electron chi connectivity index (χ4n) is 2.07. The highest BCUT2D eigenvalue weighted by atomic mass is 16.4. The van der Waals surface area contributed by atoms with E-state index in [0.29, 0.717) is 26.1 Å². The number of nitrogens with two attached hydrogens (primary N) is 1. The predicted molar refractivity (Wildman–Crippen MR) is 68.2 cm³/mol. The SMILES string of the molecule is CCC(N)CC(=O)N1CCCN(CC(=O)O)CC1. The van der Waals surface area contributed by atoms with Gasteiger partial charge in [-0.05, 0) is 12.8 Å². The molecule has 6 heteroatoms. The third-order valence-corrected chi connectivity index (χ3v) is 3.26. The zero-order valence-corrected chi connectivity index (χ0v) is 11.0. The van der Waals surface area contributed by atoms with Gasteiger partial charge in [0, 0.05) is 38.6 Å². The molecule has 104 valence electrons. The van der Waals surface area contributed by atoms with Crippen molar-refractivity contribution in [3.63, 3.8) is 0 Å². The zero-order valence-electron chi connectivity index (χ0n) is 11.0. The lowest BCUT2D eigenvalue weighted by Gasteiger charge is -2.22. The first-order valence-corrected chi connectivity index (χ1v) is 6.50. The minimum Gasteiger partial charge on any atom is -0.480 e. The van der Waals surface area contributed by atoms with Crippen molar-refractivity contribution in [1.29, 1.82) is 0 Å². The van der Waals surface area contributed by atoms with E-state index >= 15 is 0 Å². The molecule has 0 bridgehead atoms. The van der Waals surface area contributed by atoms with Gasteiger partial charge < -0.3 is 15.7 Å². The van der Waals surface area contributed by atoms with Gasteiger partial charge in [0.1, 0.15) is 0 Å². The van der Waals surface area contributed by atoms with Crippen LogP contribution in [0, 0.1) is 0 Å². The molecule has 0 spiro atoms. The molecule has 0 radical (unpaired) electrons. The van der Waals surface area contributed by atoms with Gasteiger partial charge in [0.15, 0.2) is 0 Å². The Bertz CT molecular complexity index is 296. The predicted octanol–water partition coefficient (Wildman–Crippen LogP) is -0.267. The second-order valence-electron chi connectivity index (χ2n) is 4.78. The van der Waals surface area contributed by atoms with E-state index in [9.17, 15) is 9.59 Å². The van der Waals surface area contributed by atoms with E-state index in [1.807, 2.05) is 11.8 Å². The number of carboxylic acid groups (broad SMARTS) is 1. The van der Waals surface area contributed by atoms with E-state index < -0.39 is 5.97 Å². The summed E-state index contributed by atoms with van der Waals surface area (Å²) < 4.78 is 0. The van der Waals surface area contributed by atoms with Crippen molar-refractivity contribution in [3.05, 3.63) is 0 Å². The van der Waals surface area contributed by atoms with E-state index in [-0.39, 0.29) is 18.5 Å². The third-order valence-electron chi connectivity index (χ3n) is 3.26. The summed E-state index contributed by atoms with van der Waals surface area (Å²) in [4.78, 5) is 26.3. The molecule has 1 rings (SSSR count). The van der Waals surface area contributed by atoms with Crippen LogP contribution in [0.5, 0.6) is 0 Å². The first-order chi connectivity index (χ1) is 8.52. The summed E-state index contributed by atoms with van der Waals surface area (Å²) in [5.41, 5.74) is 5.78. The van der Waals surface area contributed by atoms with Gasteiger partial charge in [0.05, 0.1) is 6.54 Å². The summed E-state index contributed by atoms with van der Waals surface area (Å²) >= 11 is 0. The van der Waals surface area contributed by atoms with Gasteiger partial charge >= 0.3 is 5.97 Å². The topological polar surface area (TPSA) is 86.9 Å². The molecule has 0 aliphatic carbocycles. The minimum absolute atomic E-state index is 0.0521. The number of carbonyl (C=O) groups excluding carboxylic acids is 1. The molecule has 1 aliphatic heterocycles. The molecule has 1 amide bonds. The first kappa shape index (κ1) is 14.9. The number of hydrogen-bond donors (Lipinski definition) is 2. The molecule has 1 atom stereocenters. The Morgan fingerprint density at radius 3 is 2.61 bits per heavy atom. The van der Waals surface area contributed by atoms with Gasteiger partial charge in [-0.3, -0.25) is 14.5 Å². The molecule has 6 nitrogen and oxygen atoms in total. The van der Waals surface area contributed by atoms with Gasteiger partial charge in [-0.2, -0.15) is 0 Å². The molecule has 1 saturated heterocycles. The molecular weight excluding hydrogens is 234 g/mol. The van der Waals surface area contributed by atoms with E-state index in [2.05, 4.69) is 0 Å². The monoisotopic (exact) mass is 257 g/mol. The molecule has 1 unspecified atom stereocenters. The van der Waals surface area contributed by atoms with E-state index in [1.54, 1.807) is 4.90 Å². The molecular formula is C12H23N3O3. The average Bonchev–Trinajstić information content (AvgIpc) is 2.53. The molecule has 0 saturated carbocycles. The van der Waals surface area contributed by atoms with Crippen molar-refractivity contribution in [1.82, 2.24) is 9.80 Å². The van der Waals surface area contributed by atoms with E-state index in [1.165, 1.54) is 0 Å². The fourth-order valence-corrected chi connectivity index (χ4v) is 2.07. The molecule has 1 heterocycles. The smallest absolute Gasteiger partial charge is 0.317 e. The zero-order chi connectivity index (χ0) is 13.5. The Kier molecular flexibility index (Phi) is 6.07. The number of nitrogens with zero attached hydrogens (tertiary/aromatic N) is 2. The summed E-state index contributed by atoms with van der Waals surface area (Å²) in [5, 5.41) is 8.74. The normalized spacial score (nSPS) is 19.3. The number of aliphatic carboxylic acids is 1. The maximum atomic E-state index is 12.0. The molecule has 0 aromatic rings. The maximum absolute atomic E-state index is 12.0. The van der Waals surface area contributed by atoms with Gasteiger partial charge in [-0.1, -0.05) is 6.92 Å². The lowest BCUT2D eigenvalue weighted by molar-refractivity contribution is -0.138. The van der Waals surface area contributed by atoms with E-state index in [0.717, 1.165) is 19.4 Å². The lowest BCUT2D eigenvalue weighted by atomic mass is 10.1. The van der Waals surface area contributed by atoms with Gasteiger partial charge in [-0.15, -0.1) is 0 Å². The van der Waals surface area contributed by atoms with Crippen LogP contribution in [-0.4, -0.2) is 65.5 Å². The summed E-state index contributed by atoms with van der Waals surface area (Å²) in [5.74, 6) is -0.732. The summed E-state index contributed by atoms with van der Waals surface area (Å²) in [7, 11) is 0. The van der Waals surface area contributed by atoms with Crippen molar-refractivity contribution >= 4 is 11.9 Å². The Balaban J connectivity index is 2.41. The van der Waals surface area contributed by atoms with Crippen LogP contribution in [0.25, 0.3) is 0 Å². The average molecular weight is 257 g/mol. The quantitative estimate of drug-likeness (QED) is 0.708. The number of hydrogen-bond acceptors (Lipinski definition) is 4. The maximum Gasteiger partial charge on any atom is 0.317 e. The number of carboxylic acids is 1. The number of rotatable bonds is 5. The molecule has 1 aliphatic rings. The highest BCUT2D eigenvalue weighted by Crippen LogP contribution is 2.06. The van der Waals surface area contributed by atoms with Crippen LogP contribution >= 0.6 is 0 Å². The second kappa shape index (κ2) is 7.33. The highest BCUT2D eigenvalue weighted by Gasteiger charge is 2.21. The summed E-state index contributed by atoms with van der Waals surface area (Å²) in [6.07, 6.45) is 2.00. The van der Waals surface area contributed by atoms with Crippen LogP contribution in [0.1, 0.15) is 26.2 Å². The van der Waals surface area contributed by atoms with E-state index in [4.69, 9.17) is 10.8 Å². The molecule has 1 fully saturated rings. The van der Waals surface area contributed by atoms with Crippen molar-refractivity contribution in [2.75, 3.05) is 32.7 Å². The Labute approximate surface area is 108 Å². The van der Waals surface area contributed by atoms with Crippen LogP contribution in [0.3, 0.4) is 0 Å². The van der Waals surface area contributed by atoms with Crippen LogP contribution in [0.4, 0.5) is 0 Å². The van der Waals surface area contributed by atoms with Gasteiger partial charge in [0.25, 0.3) is 0 Å². The summed E-state index contributed by atoms with van der Waals surface area (Å²) in [6.45, 7) is 4.68. The molecule has 0 aromatic carbocycles. The van der Waals surface area contributed by atoms with Crippen LogP contribution in [-0.2, 0) is 9.59 Å². The minimum atomic E-state index is -0.817. The van der Waals surface area contributed by atoms with Gasteiger partial charge in [-0.25, -0.2) is 0 Å². The first-order valence-electron chi connectivity index (χ1n) is 6.50.